The van der Waals surface area contributed by atoms with Gasteiger partial charge in [-0.2, -0.15) is 0 Å². The topological polar surface area (TPSA) is 103 Å². The summed E-state index contributed by atoms with van der Waals surface area (Å²) in [6.45, 7) is 0.371. The maximum Gasteiger partial charge on any atom is 0.307 e. The zero-order chi connectivity index (χ0) is 19.7. The molecule has 7 nitrogen and oxygen atoms in total. The van der Waals surface area contributed by atoms with E-state index in [-0.39, 0.29) is 18.6 Å². The van der Waals surface area contributed by atoms with Crippen LogP contribution in [0.25, 0.3) is 0 Å². The maximum atomic E-state index is 12.7. The minimum atomic E-state index is -0.885. The normalized spacial score (nSPS) is 15.5. The van der Waals surface area contributed by atoms with Crippen molar-refractivity contribution in [2.75, 3.05) is 22.5 Å². The third-order valence-electron chi connectivity index (χ3n) is 4.53. The summed E-state index contributed by atoms with van der Waals surface area (Å²) in [7, 11) is 0. The highest BCUT2D eigenvalue weighted by Crippen LogP contribution is 2.32. The molecule has 28 heavy (non-hydrogen) atoms. The Morgan fingerprint density at radius 2 is 2.11 bits per heavy atom. The fourth-order valence-corrected chi connectivity index (χ4v) is 3.43. The second-order valence-electron chi connectivity index (χ2n) is 6.58. The fourth-order valence-electron chi connectivity index (χ4n) is 3.25. The number of ketones is 1. The summed E-state index contributed by atoms with van der Waals surface area (Å²) < 4.78 is 0. The van der Waals surface area contributed by atoms with E-state index in [1.54, 1.807) is 30.5 Å². The highest BCUT2D eigenvalue weighted by atomic mass is 35.5. The number of Topliss-reactive ketones (excluding diaryl/α,β-unsaturated/α-hetero) is 1. The molecule has 2 aliphatic rings. The SMILES string of the molecule is O=C(O)Cc1ccc2c(c1)NCC1=C(C=C(Nc3ccnc(Cl)c3)CC1=O)N2. The Morgan fingerprint density at radius 3 is 2.89 bits per heavy atom. The average Bonchev–Trinajstić information content (AvgIpc) is 2.80. The molecule has 2 aromatic rings. The van der Waals surface area contributed by atoms with E-state index in [0.717, 1.165) is 28.5 Å². The van der Waals surface area contributed by atoms with Gasteiger partial charge in [-0.1, -0.05) is 17.7 Å². The predicted molar refractivity (Wildman–Crippen MR) is 107 cm³/mol. The molecule has 0 saturated carbocycles. The number of nitrogens with zero attached hydrogens (tertiary/aromatic N) is 1. The summed E-state index contributed by atoms with van der Waals surface area (Å²) in [5.41, 5.74) is 5.14. The average molecular weight is 397 g/mol. The lowest BCUT2D eigenvalue weighted by Gasteiger charge is -2.19. The van der Waals surface area contributed by atoms with Crippen LogP contribution in [0.4, 0.5) is 17.1 Å². The van der Waals surface area contributed by atoms with Gasteiger partial charge in [0.05, 0.1) is 24.2 Å². The van der Waals surface area contributed by atoms with Crippen LogP contribution in [0.15, 0.2) is 59.6 Å². The molecule has 4 rings (SSSR count). The molecule has 4 N–H and O–H groups in total. The third-order valence-corrected chi connectivity index (χ3v) is 4.73. The van der Waals surface area contributed by atoms with Gasteiger partial charge in [0.1, 0.15) is 5.15 Å². The third kappa shape index (κ3) is 3.84. The molecule has 0 atom stereocenters. The van der Waals surface area contributed by atoms with E-state index in [1.165, 1.54) is 0 Å². The first-order valence-electron chi connectivity index (χ1n) is 8.69. The number of hydrogen-bond acceptors (Lipinski definition) is 6. The molecule has 142 valence electrons. The molecule has 8 heteroatoms. The predicted octanol–water partition coefficient (Wildman–Crippen LogP) is 3.42. The summed E-state index contributed by atoms with van der Waals surface area (Å²) in [6, 6.07) is 8.85. The minimum absolute atomic E-state index is 0.0127. The molecule has 1 aliphatic heterocycles. The van der Waals surface area contributed by atoms with Crippen LogP contribution in [0, 0.1) is 0 Å². The number of carboxylic acid groups (broad SMARTS) is 1. The van der Waals surface area contributed by atoms with Gasteiger partial charge < -0.3 is 21.1 Å². The van der Waals surface area contributed by atoms with Gasteiger partial charge in [-0.25, -0.2) is 4.98 Å². The number of hydrogen-bond donors (Lipinski definition) is 4. The Labute approximate surface area is 166 Å². The van der Waals surface area contributed by atoms with Gasteiger partial charge in [0, 0.05) is 35.4 Å². The van der Waals surface area contributed by atoms with Crippen LogP contribution in [0.5, 0.6) is 0 Å². The number of allylic oxidation sites excluding steroid dienone is 2. The van der Waals surface area contributed by atoms with E-state index in [0.29, 0.717) is 22.8 Å². The van der Waals surface area contributed by atoms with Crippen LogP contribution < -0.4 is 16.0 Å². The van der Waals surface area contributed by atoms with Gasteiger partial charge in [0.2, 0.25) is 0 Å². The number of carbonyl (C=O) groups is 2. The van der Waals surface area contributed by atoms with Crippen molar-refractivity contribution in [2.24, 2.45) is 0 Å². The lowest BCUT2D eigenvalue weighted by Crippen LogP contribution is -2.21. The molecule has 0 fully saturated rings. The first-order chi connectivity index (χ1) is 13.5. The Bertz CT molecular complexity index is 1050. The summed E-state index contributed by atoms with van der Waals surface area (Å²) in [6.07, 6.45) is 3.71. The molecule has 2 heterocycles. The number of nitrogens with one attached hydrogen (secondary N) is 3. The van der Waals surface area contributed by atoms with Gasteiger partial charge in [-0.3, -0.25) is 9.59 Å². The van der Waals surface area contributed by atoms with E-state index in [2.05, 4.69) is 20.9 Å². The molecule has 0 saturated heterocycles. The number of benzene rings is 1. The number of anilines is 3. The molecule has 1 aromatic carbocycles. The Morgan fingerprint density at radius 1 is 1.25 bits per heavy atom. The smallest absolute Gasteiger partial charge is 0.307 e. The van der Waals surface area contributed by atoms with Crippen molar-refractivity contribution in [3.63, 3.8) is 0 Å². The fraction of sp³-hybridized carbons (Fsp3) is 0.150. The molecule has 0 bridgehead atoms. The first kappa shape index (κ1) is 18.1. The molecule has 0 spiro atoms. The number of rotatable bonds is 4. The number of fused-ring (bicyclic) bond motifs is 1. The standard InChI is InChI=1S/C20H17ClN4O3/c21-19-9-12(3-4-22-19)24-13-7-16-14(18(26)8-13)10-23-17-5-11(6-20(27)28)1-2-15(17)25-16/h1-5,7,9,23,25H,6,8,10H2,(H,22,24)(H,27,28). The number of carbonyl (C=O) groups excluding carboxylic acids is 1. The molecule has 0 unspecified atom stereocenters. The van der Waals surface area contributed by atoms with E-state index >= 15 is 0 Å². The monoisotopic (exact) mass is 396 g/mol. The molecular formula is C20H17ClN4O3. The molecule has 1 aromatic heterocycles. The van der Waals surface area contributed by atoms with Crippen LogP contribution in [-0.2, 0) is 16.0 Å². The second-order valence-corrected chi connectivity index (χ2v) is 6.97. The summed E-state index contributed by atoms with van der Waals surface area (Å²) in [4.78, 5) is 27.6. The van der Waals surface area contributed by atoms with E-state index in [1.807, 2.05) is 12.1 Å². The number of halogens is 1. The zero-order valence-corrected chi connectivity index (χ0v) is 15.5. The Hall–Kier alpha value is -3.32. The quantitative estimate of drug-likeness (QED) is 0.587. The molecule has 0 amide bonds. The van der Waals surface area contributed by atoms with Gasteiger partial charge in [-0.15, -0.1) is 0 Å². The van der Waals surface area contributed by atoms with E-state index in [4.69, 9.17) is 16.7 Å². The van der Waals surface area contributed by atoms with Gasteiger partial charge in [-0.05, 0) is 35.9 Å². The van der Waals surface area contributed by atoms with Crippen molar-refractivity contribution < 1.29 is 14.7 Å². The number of pyridine rings is 1. The van der Waals surface area contributed by atoms with Crippen LogP contribution in [-0.4, -0.2) is 28.4 Å². The van der Waals surface area contributed by atoms with Crippen LogP contribution in [0.3, 0.4) is 0 Å². The first-order valence-corrected chi connectivity index (χ1v) is 9.07. The van der Waals surface area contributed by atoms with Crippen LogP contribution in [0.1, 0.15) is 12.0 Å². The second kappa shape index (κ2) is 7.36. The van der Waals surface area contributed by atoms with Crippen molar-refractivity contribution in [1.82, 2.24) is 4.98 Å². The number of aliphatic carboxylic acids is 1. The molecular weight excluding hydrogens is 380 g/mol. The van der Waals surface area contributed by atoms with Crippen molar-refractivity contribution in [3.8, 4) is 0 Å². The largest absolute Gasteiger partial charge is 0.481 e. The Kier molecular flexibility index (Phi) is 4.75. The number of aromatic nitrogens is 1. The summed E-state index contributed by atoms with van der Waals surface area (Å²) in [5.74, 6) is -0.872. The lowest BCUT2D eigenvalue weighted by atomic mass is 9.98. The summed E-state index contributed by atoms with van der Waals surface area (Å²) in [5, 5.41) is 19.1. The van der Waals surface area contributed by atoms with Crippen molar-refractivity contribution in [3.05, 3.63) is 70.3 Å². The van der Waals surface area contributed by atoms with Crippen molar-refractivity contribution in [1.29, 1.82) is 0 Å². The van der Waals surface area contributed by atoms with Crippen molar-refractivity contribution in [2.45, 2.75) is 12.8 Å². The van der Waals surface area contributed by atoms with Crippen LogP contribution in [0.2, 0.25) is 5.15 Å². The highest BCUT2D eigenvalue weighted by Gasteiger charge is 2.24. The molecule has 0 radical (unpaired) electrons. The lowest BCUT2D eigenvalue weighted by molar-refractivity contribution is -0.136. The van der Waals surface area contributed by atoms with Crippen molar-refractivity contribution >= 4 is 40.4 Å². The van der Waals surface area contributed by atoms with E-state index in [9.17, 15) is 9.59 Å². The van der Waals surface area contributed by atoms with Crippen LogP contribution >= 0.6 is 11.6 Å². The molecule has 1 aliphatic carbocycles. The Balaban J connectivity index is 1.60. The zero-order valence-electron chi connectivity index (χ0n) is 14.8. The highest BCUT2D eigenvalue weighted by molar-refractivity contribution is 6.29. The van der Waals surface area contributed by atoms with Gasteiger partial charge in [0.25, 0.3) is 0 Å². The minimum Gasteiger partial charge on any atom is -0.481 e. The maximum absolute atomic E-state index is 12.7. The van der Waals surface area contributed by atoms with Gasteiger partial charge in [0.15, 0.2) is 5.78 Å². The summed E-state index contributed by atoms with van der Waals surface area (Å²) >= 11 is 5.92. The van der Waals surface area contributed by atoms with Gasteiger partial charge >= 0.3 is 5.97 Å². The number of carboxylic acids is 1. The van der Waals surface area contributed by atoms with E-state index < -0.39 is 5.97 Å².